The van der Waals surface area contributed by atoms with Crippen LogP contribution in [-0.4, -0.2) is 32.2 Å². The number of furan rings is 1. The molecule has 0 atom stereocenters. The van der Waals surface area contributed by atoms with Crippen LogP contribution in [0, 0.1) is 5.92 Å². The van der Waals surface area contributed by atoms with Gasteiger partial charge in [-0.2, -0.15) is 0 Å². The minimum Gasteiger partial charge on any atom is -0.447 e. The van der Waals surface area contributed by atoms with Crippen molar-refractivity contribution in [2.75, 3.05) is 6.54 Å². The van der Waals surface area contributed by atoms with Gasteiger partial charge in [0.25, 0.3) is 10.0 Å². The zero-order valence-corrected chi connectivity index (χ0v) is 12.6. The Balaban J connectivity index is 1.90. The molecule has 114 valence electrons. The normalized spacial score (nSPS) is 23.0. The largest absolute Gasteiger partial charge is 0.447 e. The first-order chi connectivity index (χ1) is 9.37. The maximum absolute atomic E-state index is 12.0. The topological polar surface area (TPSA) is 91.6 Å². The van der Waals surface area contributed by atoms with Crippen molar-refractivity contribution >= 4 is 10.0 Å². The molecular weight excluding hydrogens is 280 g/mol. The SMILES string of the molecule is CC(C)CNCc1ccc(S(=O)(=O)NC2CC(O)C2)o1. The van der Waals surface area contributed by atoms with Crippen LogP contribution in [0.4, 0.5) is 0 Å². The predicted molar refractivity (Wildman–Crippen MR) is 74.6 cm³/mol. The van der Waals surface area contributed by atoms with Crippen molar-refractivity contribution in [3.05, 3.63) is 17.9 Å². The zero-order chi connectivity index (χ0) is 14.8. The Hall–Kier alpha value is -0.890. The van der Waals surface area contributed by atoms with E-state index in [-0.39, 0.29) is 11.1 Å². The summed E-state index contributed by atoms with van der Waals surface area (Å²) in [6.07, 6.45) is 0.529. The van der Waals surface area contributed by atoms with E-state index in [1.165, 1.54) is 6.07 Å². The van der Waals surface area contributed by atoms with Crippen LogP contribution in [0.15, 0.2) is 21.6 Å². The first-order valence-corrected chi connectivity index (χ1v) is 8.35. The molecule has 0 aliphatic heterocycles. The lowest BCUT2D eigenvalue weighted by Gasteiger charge is -2.31. The van der Waals surface area contributed by atoms with Gasteiger partial charge in [-0.3, -0.25) is 0 Å². The second-order valence-corrected chi connectivity index (χ2v) is 7.33. The van der Waals surface area contributed by atoms with E-state index < -0.39 is 16.1 Å². The third-order valence-electron chi connectivity index (χ3n) is 3.19. The molecule has 20 heavy (non-hydrogen) atoms. The molecule has 1 saturated carbocycles. The summed E-state index contributed by atoms with van der Waals surface area (Å²) in [5, 5.41) is 12.3. The quantitative estimate of drug-likeness (QED) is 0.694. The van der Waals surface area contributed by atoms with Crippen molar-refractivity contribution in [3.63, 3.8) is 0 Å². The number of hydrogen-bond donors (Lipinski definition) is 3. The van der Waals surface area contributed by atoms with E-state index in [1.807, 2.05) is 0 Å². The second-order valence-electron chi connectivity index (χ2n) is 5.69. The van der Waals surface area contributed by atoms with E-state index in [9.17, 15) is 8.42 Å². The van der Waals surface area contributed by atoms with Crippen molar-refractivity contribution in [3.8, 4) is 0 Å². The number of rotatable bonds is 7. The van der Waals surface area contributed by atoms with Gasteiger partial charge in [0, 0.05) is 6.04 Å². The van der Waals surface area contributed by atoms with Gasteiger partial charge in [0.05, 0.1) is 12.6 Å². The molecule has 0 aromatic carbocycles. The molecular formula is C13H22N2O4S. The van der Waals surface area contributed by atoms with E-state index in [0.29, 0.717) is 31.1 Å². The Labute approximate surface area is 119 Å². The van der Waals surface area contributed by atoms with Gasteiger partial charge >= 0.3 is 0 Å². The maximum atomic E-state index is 12.0. The summed E-state index contributed by atoms with van der Waals surface area (Å²) in [6.45, 7) is 5.56. The molecule has 1 aromatic heterocycles. The van der Waals surface area contributed by atoms with Crippen LogP contribution in [-0.2, 0) is 16.6 Å². The minimum absolute atomic E-state index is 0.0692. The molecule has 7 heteroatoms. The fourth-order valence-electron chi connectivity index (χ4n) is 2.04. The molecule has 1 aromatic rings. The Morgan fingerprint density at radius 3 is 2.70 bits per heavy atom. The van der Waals surface area contributed by atoms with E-state index in [0.717, 1.165) is 6.54 Å². The molecule has 1 heterocycles. The average Bonchev–Trinajstić information content (AvgIpc) is 2.75. The Morgan fingerprint density at radius 2 is 2.10 bits per heavy atom. The highest BCUT2D eigenvalue weighted by atomic mass is 32.2. The molecule has 1 fully saturated rings. The lowest BCUT2D eigenvalue weighted by atomic mass is 9.91. The number of sulfonamides is 1. The standard InChI is InChI=1S/C13H22N2O4S/c1-9(2)7-14-8-12-3-4-13(19-12)20(17,18)15-10-5-11(16)6-10/h3-4,9-11,14-16H,5-8H2,1-2H3. The summed E-state index contributed by atoms with van der Waals surface area (Å²) >= 11 is 0. The third-order valence-corrected chi connectivity index (χ3v) is 4.58. The molecule has 2 rings (SSSR count). The Bertz CT molecular complexity index is 532. The Morgan fingerprint density at radius 1 is 1.40 bits per heavy atom. The van der Waals surface area contributed by atoms with Crippen LogP contribution in [0.3, 0.4) is 0 Å². The highest BCUT2D eigenvalue weighted by Gasteiger charge is 2.32. The molecule has 0 radical (unpaired) electrons. The van der Waals surface area contributed by atoms with Gasteiger partial charge in [0.15, 0.2) is 0 Å². The highest BCUT2D eigenvalue weighted by Crippen LogP contribution is 2.22. The monoisotopic (exact) mass is 302 g/mol. The number of nitrogens with one attached hydrogen (secondary N) is 2. The molecule has 0 amide bonds. The lowest BCUT2D eigenvalue weighted by Crippen LogP contribution is -2.46. The predicted octanol–water partition coefficient (Wildman–Crippen LogP) is 0.827. The first kappa shape index (κ1) is 15.5. The highest BCUT2D eigenvalue weighted by molar-refractivity contribution is 7.89. The summed E-state index contributed by atoms with van der Waals surface area (Å²) in [6, 6.07) is 2.93. The van der Waals surface area contributed by atoms with Gasteiger partial charge in [-0.1, -0.05) is 13.8 Å². The van der Waals surface area contributed by atoms with Crippen molar-refractivity contribution in [1.82, 2.24) is 10.0 Å². The van der Waals surface area contributed by atoms with Gasteiger partial charge in [-0.05, 0) is 37.4 Å². The smallest absolute Gasteiger partial charge is 0.274 e. The number of hydrogen-bond acceptors (Lipinski definition) is 5. The van der Waals surface area contributed by atoms with Gasteiger partial charge in [0.1, 0.15) is 5.76 Å². The van der Waals surface area contributed by atoms with Crippen LogP contribution in [0.2, 0.25) is 0 Å². The Kier molecular flexibility index (Phi) is 4.85. The summed E-state index contributed by atoms with van der Waals surface area (Å²) in [7, 11) is -3.62. The summed E-state index contributed by atoms with van der Waals surface area (Å²) < 4.78 is 31.9. The van der Waals surface area contributed by atoms with Crippen molar-refractivity contribution in [1.29, 1.82) is 0 Å². The summed E-state index contributed by atoms with van der Waals surface area (Å²) in [4.78, 5) is 0. The number of aliphatic hydroxyl groups is 1. The van der Waals surface area contributed by atoms with Crippen LogP contribution < -0.4 is 10.0 Å². The van der Waals surface area contributed by atoms with E-state index in [2.05, 4.69) is 23.9 Å². The molecule has 0 bridgehead atoms. The van der Waals surface area contributed by atoms with Crippen molar-refractivity contribution in [2.24, 2.45) is 5.92 Å². The van der Waals surface area contributed by atoms with Gasteiger partial charge in [-0.25, -0.2) is 13.1 Å². The molecule has 0 unspecified atom stereocenters. The lowest BCUT2D eigenvalue weighted by molar-refractivity contribution is 0.0710. The van der Waals surface area contributed by atoms with Crippen molar-refractivity contribution in [2.45, 2.75) is 50.5 Å². The van der Waals surface area contributed by atoms with Gasteiger partial charge in [-0.15, -0.1) is 0 Å². The van der Waals surface area contributed by atoms with Gasteiger partial charge in [0.2, 0.25) is 5.09 Å². The fourth-order valence-corrected chi connectivity index (χ4v) is 3.25. The maximum Gasteiger partial charge on any atom is 0.274 e. The van der Waals surface area contributed by atoms with Crippen molar-refractivity contribution < 1.29 is 17.9 Å². The molecule has 1 aliphatic carbocycles. The van der Waals surface area contributed by atoms with E-state index in [4.69, 9.17) is 9.52 Å². The summed E-state index contributed by atoms with van der Waals surface area (Å²) in [5.74, 6) is 1.12. The second kappa shape index (κ2) is 6.26. The third kappa shape index (κ3) is 4.05. The van der Waals surface area contributed by atoms with Crippen LogP contribution in [0.5, 0.6) is 0 Å². The average molecular weight is 302 g/mol. The van der Waals surface area contributed by atoms with Crippen LogP contribution in [0.1, 0.15) is 32.4 Å². The molecule has 6 nitrogen and oxygen atoms in total. The van der Waals surface area contributed by atoms with Gasteiger partial charge < -0.3 is 14.8 Å². The molecule has 0 saturated heterocycles. The molecule has 3 N–H and O–H groups in total. The minimum atomic E-state index is -3.62. The fraction of sp³-hybridized carbons (Fsp3) is 0.692. The van der Waals surface area contributed by atoms with Crippen LogP contribution in [0.25, 0.3) is 0 Å². The summed E-state index contributed by atoms with van der Waals surface area (Å²) in [5.41, 5.74) is 0. The van der Waals surface area contributed by atoms with E-state index >= 15 is 0 Å². The van der Waals surface area contributed by atoms with E-state index in [1.54, 1.807) is 6.07 Å². The zero-order valence-electron chi connectivity index (χ0n) is 11.8. The number of aliphatic hydroxyl groups excluding tert-OH is 1. The first-order valence-electron chi connectivity index (χ1n) is 6.86. The molecule has 0 spiro atoms. The molecule has 1 aliphatic rings. The van der Waals surface area contributed by atoms with Crippen LogP contribution >= 0.6 is 0 Å².